The van der Waals surface area contributed by atoms with Gasteiger partial charge in [0, 0.05) is 12.0 Å². The quantitative estimate of drug-likeness (QED) is 0.911. The molecule has 1 heterocycles. The first-order valence-electron chi connectivity index (χ1n) is 7.22. The molecule has 5 nitrogen and oxygen atoms in total. The Hall–Kier alpha value is -2.30. The molecule has 0 amide bonds. The minimum atomic E-state index is 0.435. The number of benzene rings is 1. The van der Waals surface area contributed by atoms with Crippen molar-refractivity contribution in [2.24, 2.45) is 0 Å². The van der Waals surface area contributed by atoms with Gasteiger partial charge in [0.05, 0.1) is 12.2 Å². The van der Waals surface area contributed by atoms with Crippen LogP contribution in [0, 0.1) is 6.92 Å². The highest BCUT2D eigenvalue weighted by molar-refractivity contribution is 5.47. The van der Waals surface area contributed by atoms with Crippen molar-refractivity contribution in [1.29, 1.82) is 0 Å². The zero-order chi connectivity index (χ0) is 14.8. The van der Waals surface area contributed by atoms with E-state index in [9.17, 15) is 0 Å². The highest BCUT2D eigenvalue weighted by atomic mass is 16.5. The van der Waals surface area contributed by atoms with Crippen LogP contribution in [-0.4, -0.2) is 16.6 Å². The van der Waals surface area contributed by atoms with Gasteiger partial charge in [0.2, 0.25) is 5.88 Å². The SMILES string of the molecule is CCOc1cccc(Oc2nc(C3CC3)nc(N)c2C)c1. The van der Waals surface area contributed by atoms with Crippen molar-refractivity contribution in [3.63, 3.8) is 0 Å². The molecule has 0 unspecified atom stereocenters. The Kier molecular flexibility index (Phi) is 3.64. The van der Waals surface area contributed by atoms with E-state index in [-0.39, 0.29) is 0 Å². The van der Waals surface area contributed by atoms with E-state index in [4.69, 9.17) is 15.2 Å². The van der Waals surface area contributed by atoms with E-state index in [2.05, 4.69) is 9.97 Å². The second-order valence-electron chi connectivity index (χ2n) is 5.18. The van der Waals surface area contributed by atoms with Gasteiger partial charge in [-0.25, -0.2) is 4.98 Å². The first-order valence-corrected chi connectivity index (χ1v) is 7.22. The van der Waals surface area contributed by atoms with Crippen molar-refractivity contribution in [2.45, 2.75) is 32.6 Å². The maximum Gasteiger partial charge on any atom is 0.227 e. The Morgan fingerprint density at radius 3 is 2.71 bits per heavy atom. The van der Waals surface area contributed by atoms with Crippen LogP contribution in [0.3, 0.4) is 0 Å². The highest BCUT2D eigenvalue weighted by Crippen LogP contribution is 2.40. The summed E-state index contributed by atoms with van der Waals surface area (Å²) in [5, 5.41) is 0. The Bertz CT molecular complexity index is 654. The van der Waals surface area contributed by atoms with Crippen LogP contribution in [0.2, 0.25) is 0 Å². The predicted octanol–water partition coefficient (Wildman–Crippen LogP) is 3.44. The van der Waals surface area contributed by atoms with Gasteiger partial charge in [-0.15, -0.1) is 0 Å². The Morgan fingerprint density at radius 2 is 2.00 bits per heavy atom. The van der Waals surface area contributed by atoms with E-state index < -0.39 is 0 Å². The summed E-state index contributed by atoms with van der Waals surface area (Å²) in [4.78, 5) is 8.86. The van der Waals surface area contributed by atoms with Gasteiger partial charge in [0.25, 0.3) is 0 Å². The van der Waals surface area contributed by atoms with Crippen molar-refractivity contribution in [3.05, 3.63) is 35.7 Å². The van der Waals surface area contributed by atoms with Gasteiger partial charge in [-0.05, 0) is 38.8 Å². The lowest BCUT2D eigenvalue weighted by molar-refractivity contribution is 0.338. The molecule has 0 bridgehead atoms. The van der Waals surface area contributed by atoms with Crippen LogP contribution in [0.4, 0.5) is 5.82 Å². The van der Waals surface area contributed by atoms with E-state index in [0.29, 0.717) is 30.0 Å². The molecule has 1 aliphatic rings. The van der Waals surface area contributed by atoms with Crippen LogP contribution in [0.25, 0.3) is 0 Å². The summed E-state index contributed by atoms with van der Waals surface area (Å²) in [6, 6.07) is 7.50. The molecular formula is C16H19N3O2. The third-order valence-corrected chi connectivity index (χ3v) is 3.43. The van der Waals surface area contributed by atoms with Crippen molar-refractivity contribution < 1.29 is 9.47 Å². The van der Waals surface area contributed by atoms with Crippen LogP contribution >= 0.6 is 0 Å². The molecule has 0 spiro atoms. The van der Waals surface area contributed by atoms with E-state index in [1.165, 1.54) is 0 Å². The number of hydrogen-bond donors (Lipinski definition) is 1. The minimum Gasteiger partial charge on any atom is -0.494 e. The maximum atomic E-state index is 5.96. The van der Waals surface area contributed by atoms with Gasteiger partial charge in [0.15, 0.2) is 0 Å². The number of rotatable bonds is 5. The molecule has 5 heteroatoms. The van der Waals surface area contributed by atoms with E-state index in [0.717, 1.165) is 30.0 Å². The van der Waals surface area contributed by atoms with E-state index in [1.54, 1.807) is 0 Å². The molecular weight excluding hydrogens is 266 g/mol. The lowest BCUT2D eigenvalue weighted by atomic mass is 10.3. The smallest absolute Gasteiger partial charge is 0.227 e. The van der Waals surface area contributed by atoms with E-state index >= 15 is 0 Å². The molecule has 1 aliphatic carbocycles. The Balaban J connectivity index is 1.88. The number of aromatic nitrogens is 2. The minimum absolute atomic E-state index is 0.435. The third kappa shape index (κ3) is 3.07. The monoisotopic (exact) mass is 285 g/mol. The molecule has 110 valence electrons. The molecule has 2 N–H and O–H groups in total. The third-order valence-electron chi connectivity index (χ3n) is 3.43. The standard InChI is InChI=1S/C16H19N3O2/c1-3-20-12-5-4-6-13(9-12)21-16-10(2)14(17)18-15(19-16)11-7-8-11/h4-6,9,11H,3,7-8H2,1-2H3,(H2,17,18,19). The number of nitrogens with two attached hydrogens (primary N) is 1. The number of ether oxygens (including phenoxy) is 2. The summed E-state index contributed by atoms with van der Waals surface area (Å²) in [7, 11) is 0. The van der Waals surface area contributed by atoms with Gasteiger partial charge >= 0.3 is 0 Å². The number of nitrogen functional groups attached to an aromatic ring is 1. The molecule has 3 rings (SSSR count). The lowest BCUT2D eigenvalue weighted by Crippen LogP contribution is -2.04. The number of nitrogens with zero attached hydrogens (tertiary/aromatic N) is 2. The second kappa shape index (κ2) is 5.60. The van der Waals surface area contributed by atoms with Crippen LogP contribution in [0.1, 0.15) is 37.1 Å². The summed E-state index contributed by atoms with van der Waals surface area (Å²) in [6.07, 6.45) is 2.25. The fraction of sp³-hybridized carbons (Fsp3) is 0.375. The maximum absolute atomic E-state index is 5.96. The van der Waals surface area contributed by atoms with Gasteiger partial charge < -0.3 is 15.2 Å². The normalized spacial score (nSPS) is 14.0. The molecule has 2 aromatic rings. The molecule has 1 fully saturated rings. The summed E-state index contributed by atoms with van der Waals surface area (Å²) in [6.45, 7) is 4.44. The van der Waals surface area contributed by atoms with Gasteiger partial charge in [-0.2, -0.15) is 4.98 Å². The second-order valence-corrected chi connectivity index (χ2v) is 5.18. The van der Waals surface area contributed by atoms with Crippen molar-refractivity contribution >= 4 is 5.82 Å². The first kappa shape index (κ1) is 13.7. The summed E-state index contributed by atoms with van der Waals surface area (Å²) < 4.78 is 11.4. The molecule has 0 atom stereocenters. The summed E-state index contributed by atoms with van der Waals surface area (Å²) in [5.74, 6) is 3.70. The van der Waals surface area contributed by atoms with E-state index in [1.807, 2.05) is 38.1 Å². The molecule has 21 heavy (non-hydrogen) atoms. The molecule has 1 aromatic carbocycles. The zero-order valence-electron chi connectivity index (χ0n) is 12.3. The Morgan fingerprint density at radius 1 is 1.24 bits per heavy atom. The van der Waals surface area contributed by atoms with Crippen molar-refractivity contribution in [1.82, 2.24) is 9.97 Å². The average molecular weight is 285 g/mol. The molecule has 1 saturated carbocycles. The number of anilines is 1. The van der Waals surface area contributed by atoms with Gasteiger partial charge in [-0.3, -0.25) is 0 Å². The molecule has 0 saturated heterocycles. The molecule has 1 aromatic heterocycles. The average Bonchev–Trinajstić information content (AvgIpc) is 3.29. The topological polar surface area (TPSA) is 70.3 Å². The summed E-state index contributed by atoms with van der Waals surface area (Å²) >= 11 is 0. The van der Waals surface area contributed by atoms with Crippen LogP contribution in [0.5, 0.6) is 17.4 Å². The van der Waals surface area contributed by atoms with Gasteiger partial charge in [-0.1, -0.05) is 6.07 Å². The van der Waals surface area contributed by atoms with Crippen molar-refractivity contribution in [3.8, 4) is 17.4 Å². The molecule has 0 aliphatic heterocycles. The van der Waals surface area contributed by atoms with Crippen LogP contribution in [0.15, 0.2) is 24.3 Å². The fourth-order valence-electron chi connectivity index (χ4n) is 2.06. The van der Waals surface area contributed by atoms with Gasteiger partial charge in [0.1, 0.15) is 23.1 Å². The first-order chi connectivity index (χ1) is 10.2. The Labute approximate surface area is 124 Å². The fourth-order valence-corrected chi connectivity index (χ4v) is 2.06. The lowest BCUT2D eigenvalue weighted by Gasteiger charge is -2.11. The predicted molar refractivity (Wildman–Crippen MR) is 80.8 cm³/mol. The van der Waals surface area contributed by atoms with Crippen LogP contribution < -0.4 is 15.2 Å². The highest BCUT2D eigenvalue weighted by Gasteiger charge is 2.28. The van der Waals surface area contributed by atoms with Crippen LogP contribution in [-0.2, 0) is 0 Å². The zero-order valence-corrected chi connectivity index (χ0v) is 12.3. The summed E-state index contributed by atoms with van der Waals surface area (Å²) in [5.41, 5.74) is 6.73. The largest absolute Gasteiger partial charge is 0.494 e. The van der Waals surface area contributed by atoms with Crippen molar-refractivity contribution in [2.75, 3.05) is 12.3 Å². The number of hydrogen-bond acceptors (Lipinski definition) is 5. The molecule has 0 radical (unpaired) electrons.